The molecule has 0 aliphatic heterocycles. The number of rotatable bonds is 6. The number of phenolic OH excluding ortho intramolecular Hbond substituents is 2. The molecule has 2 aromatic carbocycles. The number of aromatic amines is 1. The molecule has 1 amide bonds. The molecule has 0 fully saturated rings. The molecule has 27 heavy (non-hydrogen) atoms. The van der Waals surface area contributed by atoms with Gasteiger partial charge in [0.2, 0.25) is 0 Å². The first kappa shape index (κ1) is 18.0. The van der Waals surface area contributed by atoms with Gasteiger partial charge in [-0.25, -0.2) is 5.43 Å². The van der Waals surface area contributed by atoms with Gasteiger partial charge in [0, 0.05) is 17.2 Å². The van der Waals surface area contributed by atoms with Crippen LogP contribution >= 0.6 is 0 Å². The predicted molar refractivity (Wildman–Crippen MR) is 100 cm³/mol. The summed E-state index contributed by atoms with van der Waals surface area (Å²) in [6.07, 6.45) is 1.27. The van der Waals surface area contributed by atoms with E-state index in [4.69, 9.17) is 4.74 Å². The van der Waals surface area contributed by atoms with Crippen LogP contribution < -0.4 is 10.2 Å². The van der Waals surface area contributed by atoms with Gasteiger partial charge in [-0.1, -0.05) is 0 Å². The lowest BCUT2D eigenvalue weighted by Crippen LogP contribution is -2.18. The van der Waals surface area contributed by atoms with E-state index in [0.717, 1.165) is 11.3 Å². The van der Waals surface area contributed by atoms with Crippen molar-refractivity contribution < 1.29 is 19.7 Å². The molecule has 0 spiro atoms. The van der Waals surface area contributed by atoms with E-state index < -0.39 is 5.91 Å². The summed E-state index contributed by atoms with van der Waals surface area (Å²) in [5.41, 5.74) is 4.39. The fourth-order valence-electron chi connectivity index (χ4n) is 2.34. The number of hydrazone groups is 1. The van der Waals surface area contributed by atoms with E-state index in [1.165, 1.54) is 24.4 Å². The summed E-state index contributed by atoms with van der Waals surface area (Å²) in [7, 11) is 0. The molecule has 0 bridgehead atoms. The van der Waals surface area contributed by atoms with E-state index in [2.05, 4.69) is 20.7 Å². The normalized spacial score (nSPS) is 10.9. The molecule has 8 nitrogen and oxygen atoms in total. The fourth-order valence-corrected chi connectivity index (χ4v) is 2.34. The van der Waals surface area contributed by atoms with Crippen LogP contribution in [0.25, 0.3) is 11.3 Å². The number of benzene rings is 2. The topological polar surface area (TPSA) is 120 Å². The van der Waals surface area contributed by atoms with Crippen LogP contribution in [0.15, 0.2) is 53.6 Å². The van der Waals surface area contributed by atoms with E-state index in [0.29, 0.717) is 17.9 Å². The number of amides is 1. The Morgan fingerprint density at radius 1 is 1.22 bits per heavy atom. The maximum Gasteiger partial charge on any atom is 0.289 e. The Kier molecular flexibility index (Phi) is 5.36. The van der Waals surface area contributed by atoms with Gasteiger partial charge in [0.15, 0.2) is 0 Å². The third kappa shape index (κ3) is 4.43. The zero-order valence-corrected chi connectivity index (χ0v) is 14.5. The standard InChI is InChI=1S/C19H18N4O4/c1-2-27-15-7-4-12(5-8-15)16-10-17(22-21-16)19(26)23-20-11-13-3-6-14(24)9-18(13)25/h3-11,24-25H,2H2,1H3,(H,21,22)(H,23,26)/b20-11-. The molecule has 0 unspecified atom stereocenters. The Morgan fingerprint density at radius 2 is 2.00 bits per heavy atom. The molecule has 1 heterocycles. The average Bonchev–Trinajstić information content (AvgIpc) is 3.14. The molecule has 1 aromatic heterocycles. The number of carbonyl (C=O) groups is 1. The second-order valence-electron chi connectivity index (χ2n) is 5.57. The zero-order chi connectivity index (χ0) is 19.2. The number of hydrogen-bond acceptors (Lipinski definition) is 6. The fraction of sp³-hybridized carbons (Fsp3) is 0.105. The van der Waals surface area contributed by atoms with Crippen molar-refractivity contribution in [2.75, 3.05) is 6.61 Å². The Hall–Kier alpha value is -3.81. The highest BCUT2D eigenvalue weighted by molar-refractivity contribution is 5.94. The van der Waals surface area contributed by atoms with Crippen LogP contribution in [0, 0.1) is 0 Å². The van der Waals surface area contributed by atoms with Crippen molar-refractivity contribution >= 4 is 12.1 Å². The molecule has 0 aliphatic rings. The van der Waals surface area contributed by atoms with Crippen molar-refractivity contribution in [2.24, 2.45) is 5.10 Å². The zero-order valence-electron chi connectivity index (χ0n) is 14.5. The number of ether oxygens (including phenoxy) is 1. The minimum atomic E-state index is -0.478. The summed E-state index contributed by atoms with van der Waals surface area (Å²) < 4.78 is 5.40. The van der Waals surface area contributed by atoms with Crippen LogP contribution in [0.3, 0.4) is 0 Å². The SMILES string of the molecule is CCOc1ccc(-c2cc(C(=O)N/N=C\c3ccc(O)cc3O)[nH]n2)cc1. The van der Waals surface area contributed by atoms with Crippen LogP contribution in [0.2, 0.25) is 0 Å². The molecular formula is C19H18N4O4. The van der Waals surface area contributed by atoms with Crippen molar-refractivity contribution in [3.63, 3.8) is 0 Å². The second kappa shape index (κ2) is 8.05. The number of hydrogen-bond donors (Lipinski definition) is 4. The van der Waals surface area contributed by atoms with Gasteiger partial charge in [-0.3, -0.25) is 9.89 Å². The Balaban J connectivity index is 1.65. The number of aromatic nitrogens is 2. The maximum atomic E-state index is 12.1. The number of carbonyl (C=O) groups excluding carboxylic acids is 1. The molecule has 0 aliphatic carbocycles. The first-order valence-electron chi connectivity index (χ1n) is 8.21. The number of aromatic hydroxyl groups is 2. The van der Waals surface area contributed by atoms with Crippen molar-refractivity contribution in [3.05, 3.63) is 59.8 Å². The lowest BCUT2D eigenvalue weighted by Gasteiger charge is -2.02. The largest absolute Gasteiger partial charge is 0.508 e. The van der Waals surface area contributed by atoms with Crippen LogP contribution in [0.4, 0.5) is 0 Å². The molecule has 8 heteroatoms. The van der Waals surface area contributed by atoms with Gasteiger partial charge in [-0.2, -0.15) is 10.2 Å². The number of H-pyrrole nitrogens is 1. The highest BCUT2D eigenvalue weighted by Crippen LogP contribution is 2.22. The van der Waals surface area contributed by atoms with Crippen LogP contribution in [0.1, 0.15) is 23.0 Å². The van der Waals surface area contributed by atoms with E-state index in [9.17, 15) is 15.0 Å². The summed E-state index contributed by atoms with van der Waals surface area (Å²) in [6, 6.07) is 13.0. The van der Waals surface area contributed by atoms with E-state index >= 15 is 0 Å². The minimum Gasteiger partial charge on any atom is -0.508 e. The molecule has 3 rings (SSSR count). The average molecular weight is 366 g/mol. The van der Waals surface area contributed by atoms with Crippen molar-refractivity contribution in [1.82, 2.24) is 15.6 Å². The van der Waals surface area contributed by atoms with Crippen molar-refractivity contribution in [1.29, 1.82) is 0 Å². The van der Waals surface area contributed by atoms with E-state index in [-0.39, 0.29) is 17.2 Å². The van der Waals surface area contributed by atoms with Gasteiger partial charge in [-0.05, 0) is 49.4 Å². The summed E-state index contributed by atoms with van der Waals surface area (Å²) in [6.45, 7) is 2.51. The highest BCUT2D eigenvalue weighted by Gasteiger charge is 2.10. The van der Waals surface area contributed by atoms with Gasteiger partial charge >= 0.3 is 0 Å². The van der Waals surface area contributed by atoms with Gasteiger partial charge in [0.1, 0.15) is 22.9 Å². The van der Waals surface area contributed by atoms with E-state index in [1.807, 2.05) is 31.2 Å². The summed E-state index contributed by atoms with van der Waals surface area (Å²) in [5, 5.41) is 29.5. The molecule has 3 aromatic rings. The van der Waals surface area contributed by atoms with E-state index in [1.54, 1.807) is 6.07 Å². The Morgan fingerprint density at radius 3 is 2.70 bits per heavy atom. The third-order valence-corrected chi connectivity index (χ3v) is 3.67. The second-order valence-corrected chi connectivity index (χ2v) is 5.57. The lowest BCUT2D eigenvalue weighted by atomic mass is 10.1. The quantitative estimate of drug-likeness (QED) is 0.395. The number of nitrogens with zero attached hydrogens (tertiary/aromatic N) is 2. The van der Waals surface area contributed by atoms with Crippen molar-refractivity contribution in [2.45, 2.75) is 6.92 Å². The molecule has 0 radical (unpaired) electrons. The minimum absolute atomic E-state index is 0.0621. The Labute approximate surface area is 155 Å². The molecule has 0 saturated carbocycles. The van der Waals surface area contributed by atoms with Gasteiger partial charge in [0.05, 0.1) is 18.5 Å². The summed E-state index contributed by atoms with van der Waals surface area (Å²) >= 11 is 0. The molecule has 4 N–H and O–H groups in total. The monoisotopic (exact) mass is 366 g/mol. The predicted octanol–water partition coefficient (Wildman–Crippen LogP) is 2.65. The van der Waals surface area contributed by atoms with Gasteiger partial charge in [-0.15, -0.1) is 0 Å². The highest BCUT2D eigenvalue weighted by atomic mass is 16.5. The van der Waals surface area contributed by atoms with Gasteiger partial charge in [0.25, 0.3) is 5.91 Å². The first-order valence-corrected chi connectivity index (χ1v) is 8.21. The number of nitrogens with one attached hydrogen (secondary N) is 2. The third-order valence-electron chi connectivity index (χ3n) is 3.67. The maximum absolute atomic E-state index is 12.1. The molecule has 138 valence electrons. The summed E-state index contributed by atoms with van der Waals surface area (Å²) in [4.78, 5) is 12.1. The van der Waals surface area contributed by atoms with Crippen LogP contribution in [-0.4, -0.2) is 39.1 Å². The summed E-state index contributed by atoms with van der Waals surface area (Å²) in [5.74, 6) is 0.0797. The van der Waals surface area contributed by atoms with Crippen LogP contribution in [-0.2, 0) is 0 Å². The lowest BCUT2D eigenvalue weighted by molar-refractivity contribution is 0.0950. The number of phenols is 2. The molecular weight excluding hydrogens is 348 g/mol. The molecule has 0 atom stereocenters. The van der Waals surface area contributed by atoms with Crippen LogP contribution in [0.5, 0.6) is 17.2 Å². The van der Waals surface area contributed by atoms with Crippen molar-refractivity contribution in [3.8, 4) is 28.5 Å². The smallest absolute Gasteiger partial charge is 0.289 e. The Bertz CT molecular complexity index is 964. The first-order chi connectivity index (χ1) is 13.1. The van der Waals surface area contributed by atoms with Gasteiger partial charge < -0.3 is 14.9 Å². The molecule has 0 saturated heterocycles.